The van der Waals surface area contributed by atoms with Gasteiger partial charge in [0.05, 0.1) is 22.9 Å². The Balaban J connectivity index is 1.55. The predicted octanol–water partition coefficient (Wildman–Crippen LogP) is 4.03. The van der Waals surface area contributed by atoms with Crippen LogP contribution >= 0.6 is 0 Å². The zero-order chi connectivity index (χ0) is 22.1. The van der Waals surface area contributed by atoms with E-state index in [1.165, 1.54) is 12.1 Å². The zero-order valence-corrected chi connectivity index (χ0v) is 17.8. The van der Waals surface area contributed by atoms with Crippen molar-refractivity contribution in [1.29, 1.82) is 0 Å². The monoisotopic (exact) mass is 433 g/mol. The summed E-state index contributed by atoms with van der Waals surface area (Å²) >= 11 is 0. The van der Waals surface area contributed by atoms with Gasteiger partial charge in [-0.15, -0.1) is 0 Å². The van der Waals surface area contributed by atoms with E-state index in [9.17, 15) is 9.18 Å². The molecule has 0 bridgehead atoms. The Morgan fingerprint density at radius 3 is 2.78 bits per heavy atom. The smallest absolute Gasteiger partial charge is 0.251 e. The number of nitrogens with zero attached hydrogens (tertiary/aromatic N) is 3. The Morgan fingerprint density at radius 1 is 1.22 bits per heavy atom. The second-order valence-electron chi connectivity index (χ2n) is 7.99. The molecule has 1 amide bonds. The maximum atomic E-state index is 14.1. The molecule has 2 heterocycles. The zero-order valence-electron chi connectivity index (χ0n) is 17.8. The Labute approximate surface area is 184 Å². The van der Waals surface area contributed by atoms with Gasteiger partial charge in [0.15, 0.2) is 11.5 Å². The van der Waals surface area contributed by atoms with E-state index in [1.807, 2.05) is 16.5 Å². The van der Waals surface area contributed by atoms with Gasteiger partial charge in [0, 0.05) is 43.5 Å². The summed E-state index contributed by atoms with van der Waals surface area (Å²) in [6.07, 6.45) is 4.67. The molecule has 0 spiro atoms. The van der Waals surface area contributed by atoms with Gasteiger partial charge in [0.2, 0.25) is 0 Å². The van der Waals surface area contributed by atoms with Crippen LogP contribution in [-0.2, 0) is 4.74 Å². The Hall–Kier alpha value is -3.52. The van der Waals surface area contributed by atoms with Crippen molar-refractivity contribution in [1.82, 2.24) is 19.7 Å². The Bertz CT molecular complexity index is 1280. The highest BCUT2D eigenvalue weighted by atomic mass is 19.1. The first-order chi connectivity index (χ1) is 15.6. The van der Waals surface area contributed by atoms with Crippen molar-refractivity contribution >= 4 is 28.4 Å². The van der Waals surface area contributed by atoms with Crippen LogP contribution in [0.3, 0.4) is 0 Å². The molecule has 4 aromatic rings. The van der Waals surface area contributed by atoms with Crippen LogP contribution in [-0.4, -0.2) is 46.6 Å². The van der Waals surface area contributed by atoms with Crippen LogP contribution in [0.1, 0.15) is 29.6 Å². The van der Waals surface area contributed by atoms with Gasteiger partial charge in [-0.05, 0) is 43.5 Å². The van der Waals surface area contributed by atoms with Crippen molar-refractivity contribution in [2.45, 2.75) is 25.3 Å². The number of carbonyl (C=O) groups excluding carboxylic acids is 1. The summed E-state index contributed by atoms with van der Waals surface area (Å²) in [6.45, 7) is 1.32. The highest BCUT2D eigenvalue weighted by Crippen LogP contribution is 2.29. The second kappa shape index (κ2) is 8.55. The highest BCUT2D eigenvalue weighted by molar-refractivity contribution is 5.95. The molecule has 0 aliphatic heterocycles. The van der Waals surface area contributed by atoms with E-state index in [0.717, 1.165) is 30.5 Å². The molecule has 1 aliphatic rings. The van der Waals surface area contributed by atoms with Crippen LogP contribution in [0.25, 0.3) is 27.9 Å². The number of nitrogens with one attached hydrogen (secondary N) is 2. The molecule has 164 valence electrons. The number of halogens is 1. The molecule has 5 rings (SSSR count). The van der Waals surface area contributed by atoms with Gasteiger partial charge in [0.25, 0.3) is 5.91 Å². The summed E-state index contributed by atoms with van der Waals surface area (Å²) < 4.78 is 21.1. The third kappa shape index (κ3) is 4.01. The van der Waals surface area contributed by atoms with Gasteiger partial charge in [0.1, 0.15) is 5.82 Å². The minimum atomic E-state index is -0.340. The number of imidazole rings is 1. The minimum Gasteiger partial charge on any atom is -0.385 e. The molecular weight excluding hydrogens is 409 g/mol. The average molecular weight is 433 g/mol. The molecule has 0 radical (unpaired) electrons. The summed E-state index contributed by atoms with van der Waals surface area (Å²) in [5, 5.41) is 6.32. The number of methoxy groups -OCH3 is 1. The van der Waals surface area contributed by atoms with Crippen LogP contribution in [0.2, 0.25) is 0 Å². The van der Waals surface area contributed by atoms with E-state index in [0.29, 0.717) is 47.3 Å². The molecular formula is C24H24FN5O2. The molecule has 1 saturated carbocycles. The third-order valence-electron chi connectivity index (χ3n) is 5.56. The summed E-state index contributed by atoms with van der Waals surface area (Å²) in [7, 11) is 1.67. The first kappa shape index (κ1) is 20.4. The standard InChI is InChI=1S/C24H24FN5O2/c1-32-12-2-11-26-22-23-27-14-21(30(23)20-13-17(25)7-10-19(20)29-22)15-3-5-16(6-4-15)24(31)28-18-8-9-18/h3-7,10,13-14,18H,2,8-9,11-12H2,1H3,(H,26,29)(H,28,31). The van der Waals surface area contributed by atoms with Crippen molar-refractivity contribution in [2.75, 3.05) is 25.6 Å². The molecule has 0 saturated heterocycles. The summed E-state index contributed by atoms with van der Waals surface area (Å²) in [5.41, 5.74) is 4.20. The summed E-state index contributed by atoms with van der Waals surface area (Å²) in [4.78, 5) is 21.6. The fourth-order valence-corrected chi connectivity index (χ4v) is 3.74. The summed E-state index contributed by atoms with van der Waals surface area (Å²) in [5.74, 6) is 0.233. The molecule has 8 heteroatoms. The quantitative estimate of drug-likeness (QED) is 0.410. The van der Waals surface area contributed by atoms with Crippen molar-refractivity contribution in [3.8, 4) is 11.3 Å². The third-order valence-corrected chi connectivity index (χ3v) is 5.56. The van der Waals surface area contributed by atoms with Crippen LogP contribution in [0, 0.1) is 5.82 Å². The molecule has 1 fully saturated rings. The van der Waals surface area contributed by atoms with Crippen molar-refractivity contribution in [2.24, 2.45) is 0 Å². The highest BCUT2D eigenvalue weighted by Gasteiger charge is 2.24. The molecule has 2 aromatic carbocycles. The normalized spacial score (nSPS) is 13.6. The van der Waals surface area contributed by atoms with E-state index >= 15 is 0 Å². The molecule has 2 N–H and O–H groups in total. The van der Waals surface area contributed by atoms with E-state index in [4.69, 9.17) is 4.74 Å². The number of rotatable bonds is 8. The molecule has 32 heavy (non-hydrogen) atoms. The predicted molar refractivity (Wildman–Crippen MR) is 121 cm³/mol. The number of hydrogen-bond donors (Lipinski definition) is 2. The molecule has 0 unspecified atom stereocenters. The van der Waals surface area contributed by atoms with Crippen LogP contribution in [0.5, 0.6) is 0 Å². The van der Waals surface area contributed by atoms with E-state index in [2.05, 4.69) is 20.6 Å². The fourth-order valence-electron chi connectivity index (χ4n) is 3.74. The maximum Gasteiger partial charge on any atom is 0.251 e. The van der Waals surface area contributed by atoms with Crippen LogP contribution < -0.4 is 10.6 Å². The first-order valence-corrected chi connectivity index (χ1v) is 10.7. The Kier molecular flexibility index (Phi) is 5.45. The summed E-state index contributed by atoms with van der Waals surface area (Å²) in [6, 6.07) is 12.2. The van der Waals surface area contributed by atoms with E-state index in [-0.39, 0.29) is 11.7 Å². The van der Waals surface area contributed by atoms with Gasteiger partial charge >= 0.3 is 0 Å². The number of amides is 1. The lowest BCUT2D eigenvalue weighted by molar-refractivity contribution is 0.0951. The van der Waals surface area contributed by atoms with Crippen LogP contribution in [0.15, 0.2) is 48.7 Å². The first-order valence-electron chi connectivity index (χ1n) is 10.7. The van der Waals surface area contributed by atoms with Gasteiger partial charge in [-0.3, -0.25) is 9.20 Å². The number of ether oxygens (including phenoxy) is 1. The topological polar surface area (TPSA) is 80.5 Å². The van der Waals surface area contributed by atoms with Gasteiger partial charge in [-0.25, -0.2) is 14.4 Å². The Morgan fingerprint density at radius 2 is 2.03 bits per heavy atom. The number of benzene rings is 2. The SMILES string of the molecule is COCCCNc1nc2ccc(F)cc2n2c(-c3ccc(C(=O)NC4CC4)cc3)cnc12. The lowest BCUT2D eigenvalue weighted by Gasteiger charge is -2.12. The second-order valence-corrected chi connectivity index (χ2v) is 7.99. The average Bonchev–Trinajstić information content (AvgIpc) is 3.50. The molecule has 7 nitrogen and oxygen atoms in total. The molecule has 2 aromatic heterocycles. The van der Waals surface area contributed by atoms with Gasteiger partial charge in [-0.1, -0.05) is 12.1 Å². The maximum absolute atomic E-state index is 14.1. The fraction of sp³-hybridized carbons (Fsp3) is 0.292. The van der Waals surface area contributed by atoms with Crippen LogP contribution in [0.4, 0.5) is 10.2 Å². The number of fused-ring (bicyclic) bond motifs is 3. The molecule has 0 atom stereocenters. The van der Waals surface area contributed by atoms with Gasteiger partial charge in [-0.2, -0.15) is 0 Å². The van der Waals surface area contributed by atoms with E-state index in [1.54, 1.807) is 31.5 Å². The number of anilines is 1. The number of carbonyl (C=O) groups is 1. The minimum absolute atomic E-state index is 0.0588. The largest absolute Gasteiger partial charge is 0.385 e. The van der Waals surface area contributed by atoms with Crippen molar-refractivity contribution in [3.63, 3.8) is 0 Å². The lowest BCUT2D eigenvalue weighted by Crippen LogP contribution is -2.25. The van der Waals surface area contributed by atoms with Crippen molar-refractivity contribution in [3.05, 3.63) is 60.0 Å². The number of aromatic nitrogens is 3. The number of hydrogen-bond acceptors (Lipinski definition) is 5. The lowest BCUT2D eigenvalue weighted by atomic mass is 10.1. The van der Waals surface area contributed by atoms with Crippen molar-refractivity contribution < 1.29 is 13.9 Å². The molecule has 1 aliphatic carbocycles. The van der Waals surface area contributed by atoms with Gasteiger partial charge < -0.3 is 15.4 Å². The van der Waals surface area contributed by atoms with E-state index < -0.39 is 0 Å².